The first kappa shape index (κ1) is 15.1. The van der Waals surface area contributed by atoms with Crippen molar-refractivity contribution >= 4 is 39.3 Å². The lowest BCUT2D eigenvalue weighted by atomic mass is 9.96. The summed E-state index contributed by atoms with van der Waals surface area (Å²) in [5.41, 5.74) is 1.62. The molecule has 0 amide bonds. The largest absolute Gasteiger partial charge is 0.479 e. The van der Waals surface area contributed by atoms with E-state index in [9.17, 15) is 14.7 Å². The first-order valence-electron chi connectivity index (χ1n) is 5.15. The van der Waals surface area contributed by atoms with Crippen molar-refractivity contribution in [2.45, 2.75) is 17.9 Å². The van der Waals surface area contributed by atoms with E-state index >= 15 is 0 Å². The minimum atomic E-state index is -1.63. The Morgan fingerprint density at radius 1 is 1.39 bits per heavy atom. The van der Waals surface area contributed by atoms with Gasteiger partial charge in [0.15, 0.2) is 11.9 Å². The Morgan fingerprint density at radius 3 is 2.56 bits per heavy atom. The van der Waals surface area contributed by atoms with Gasteiger partial charge in [-0.05, 0) is 16.7 Å². The summed E-state index contributed by atoms with van der Waals surface area (Å²) in [4.78, 5) is 22.1. The first-order valence-corrected chi connectivity index (χ1v) is 6.81. The van der Waals surface area contributed by atoms with Crippen LogP contribution >= 0.6 is 27.5 Å². The van der Waals surface area contributed by atoms with Crippen molar-refractivity contribution in [2.75, 3.05) is 5.88 Å². The standard InChI is InChI=1S/C12H12BrClO4/c13-5-7-1-2-10(11(16)12(17)18)8(3-7)4-9(15)6-14/h1-3,11,16H,4-6H2,(H,17,18). The zero-order valence-corrected chi connectivity index (χ0v) is 11.7. The minimum absolute atomic E-state index is 0.0179. The number of ketones is 1. The predicted molar refractivity (Wildman–Crippen MR) is 71.1 cm³/mol. The van der Waals surface area contributed by atoms with Gasteiger partial charge in [-0.2, -0.15) is 0 Å². The molecule has 0 fully saturated rings. The second-order valence-corrected chi connectivity index (χ2v) is 4.58. The van der Waals surface area contributed by atoms with Crippen LogP contribution in [0, 0.1) is 0 Å². The van der Waals surface area contributed by atoms with Gasteiger partial charge in [-0.15, -0.1) is 11.6 Å². The third-order valence-electron chi connectivity index (χ3n) is 2.43. The Morgan fingerprint density at radius 2 is 2.06 bits per heavy atom. The zero-order valence-electron chi connectivity index (χ0n) is 9.40. The molecule has 0 spiro atoms. The number of alkyl halides is 2. The molecule has 0 bridgehead atoms. The van der Waals surface area contributed by atoms with E-state index in [1.54, 1.807) is 12.1 Å². The summed E-state index contributed by atoms with van der Waals surface area (Å²) in [7, 11) is 0. The number of hydrogen-bond acceptors (Lipinski definition) is 3. The molecule has 1 rings (SSSR count). The van der Waals surface area contributed by atoms with Crippen LogP contribution in [0.3, 0.4) is 0 Å². The van der Waals surface area contributed by atoms with Gasteiger partial charge in [0.05, 0.1) is 5.88 Å². The highest BCUT2D eigenvalue weighted by Gasteiger charge is 2.20. The lowest BCUT2D eigenvalue weighted by Crippen LogP contribution is -2.15. The van der Waals surface area contributed by atoms with E-state index in [1.165, 1.54) is 6.07 Å². The maximum Gasteiger partial charge on any atom is 0.337 e. The van der Waals surface area contributed by atoms with Crippen molar-refractivity contribution in [1.29, 1.82) is 0 Å². The molecule has 6 heteroatoms. The van der Waals surface area contributed by atoms with Crippen LogP contribution in [0.15, 0.2) is 18.2 Å². The fourth-order valence-corrected chi connectivity index (χ4v) is 2.00. The van der Waals surface area contributed by atoms with E-state index < -0.39 is 12.1 Å². The van der Waals surface area contributed by atoms with Gasteiger partial charge in [0.1, 0.15) is 0 Å². The summed E-state index contributed by atoms with van der Waals surface area (Å²) < 4.78 is 0. The van der Waals surface area contributed by atoms with Gasteiger partial charge in [-0.25, -0.2) is 4.79 Å². The number of halogens is 2. The van der Waals surface area contributed by atoms with Crippen molar-refractivity contribution in [3.8, 4) is 0 Å². The highest BCUT2D eigenvalue weighted by atomic mass is 79.9. The van der Waals surface area contributed by atoms with Crippen molar-refractivity contribution < 1.29 is 19.8 Å². The number of Topliss-reactive ketones (excluding diaryl/α,β-unsaturated/α-hetero) is 1. The molecule has 0 aliphatic carbocycles. The molecule has 0 aliphatic heterocycles. The van der Waals surface area contributed by atoms with E-state index in [2.05, 4.69) is 15.9 Å². The smallest absolute Gasteiger partial charge is 0.337 e. The van der Waals surface area contributed by atoms with E-state index in [-0.39, 0.29) is 23.6 Å². The van der Waals surface area contributed by atoms with Gasteiger partial charge in [0.2, 0.25) is 0 Å². The molecular formula is C12H12BrClO4. The van der Waals surface area contributed by atoms with Crippen molar-refractivity contribution in [3.63, 3.8) is 0 Å². The van der Waals surface area contributed by atoms with Gasteiger partial charge in [0, 0.05) is 11.8 Å². The summed E-state index contributed by atoms with van der Waals surface area (Å²) in [5, 5.41) is 19.0. The maximum absolute atomic E-state index is 11.4. The third kappa shape index (κ3) is 3.80. The van der Waals surface area contributed by atoms with Crippen LogP contribution in [0.4, 0.5) is 0 Å². The molecular weight excluding hydrogens is 323 g/mol. The van der Waals surface area contributed by atoms with Gasteiger partial charge >= 0.3 is 5.97 Å². The number of carboxylic acids is 1. The van der Waals surface area contributed by atoms with Crippen molar-refractivity contribution in [2.24, 2.45) is 0 Å². The van der Waals surface area contributed by atoms with E-state index in [4.69, 9.17) is 16.7 Å². The second kappa shape index (κ2) is 6.87. The Kier molecular flexibility index (Phi) is 5.78. The molecule has 98 valence electrons. The summed E-state index contributed by atoms with van der Waals surface area (Å²) in [6, 6.07) is 4.91. The number of hydrogen-bond donors (Lipinski definition) is 2. The number of benzene rings is 1. The highest BCUT2D eigenvalue weighted by Crippen LogP contribution is 2.22. The van der Waals surface area contributed by atoms with E-state index in [1.807, 2.05) is 0 Å². The highest BCUT2D eigenvalue weighted by molar-refractivity contribution is 9.08. The normalized spacial score (nSPS) is 12.2. The number of carbonyl (C=O) groups excluding carboxylic acids is 1. The predicted octanol–water partition coefficient (Wildman–Crippen LogP) is 2.05. The summed E-state index contributed by atoms with van der Waals surface area (Å²) >= 11 is 8.71. The van der Waals surface area contributed by atoms with E-state index in [0.717, 1.165) is 5.56 Å². The molecule has 0 aromatic heterocycles. The number of rotatable bonds is 6. The zero-order chi connectivity index (χ0) is 13.7. The number of aliphatic hydroxyl groups excluding tert-OH is 1. The van der Waals surface area contributed by atoms with Gasteiger partial charge in [0.25, 0.3) is 0 Å². The molecule has 0 saturated carbocycles. The van der Waals surface area contributed by atoms with Crippen LogP contribution in [0.5, 0.6) is 0 Å². The first-order chi connectivity index (χ1) is 8.49. The van der Waals surface area contributed by atoms with Gasteiger partial charge < -0.3 is 10.2 Å². The van der Waals surface area contributed by atoms with Crippen molar-refractivity contribution in [3.05, 3.63) is 34.9 Å². The monoisotopic (exact) mass is 334 g/mol. The fourth-order valence-electron chi connectivity index (χ4n) is 1.55. The third-order valence-corrected chi connectivity index (χ3v) is 3.37. The lowest BCUT2D eigenvalue weighted by molar-refractivity contribution is -0.147. The molecule has 0 saturated heterocycles. The van der Waals surface area contributed by atoms with Crippen LogP contribution in [-0.4, -0.2) is 27.8 Å². The van der Waals surface area contributed by atoms with E-state index in [0.29, 0.717) is 10.9 Å². The van der Waals surface area contributed by atoms with Crippen LogP contribution in [0.1, 0.15) is 22.8 Å². The van der Waals surface area contributed by atoms with Gasteiger partial charge in [-0.1, -0.05) is 34.1 Å². The number of aliphatic hydroxyl groups is 1. The molecule has 18 heavy (non-hydrogen) atoms. The number of carboxylic acid groups (broad SMARTS) is 1. The molecule has 0 aliphatic rings. The average molecular weight is 336 g/mol. The molecule has 4 nitrogen and oxygen atoms in total. The molecule has 1 atom stereocenters. The summed E-state index contributed by atoms with van der Waals surface area (Å²) in [5.74, 6) is -1.70. The quantitative estimate of drug-likeness (QED) is 0.780. The summed E-state index contributed by atoms with van der Waals surface area (Å²) in [6.07, 6.45) is -1.61. The lowest BCUT2D eigenvalue weighted by Gasteiger charge is -2.13. The van der Waals surface area contributed by atoms with Crippen LogP contribution in [-0.2, 0) is 21.3 Å². The molecule has 1 unspecified atom stereocenters. The molecule has 0 heterocycles. The molecule has 1 aromatic carbocycles. The Hall–Kier alpha value is -0.910. The Labute approximate surface area is 118 Å². The van der Waals surface area contributed by atoms with Gasteiger partial charge in [-0.3, -0.25) is 4.79 Å². The van der Waals surface area contributed by atoms with Crippen LogP contribution < -0.4 is 0 Å². The maximum atomic E-state index is 11.4. The Balaban J connectivity index is 3.15. The van der Waals surface area contributed by atoms with Crippen molar-refractivity contribution in [1.82, 2.24) is 0 Å². The van der Waals surface area contributed by atoms with Crippen LogP contribution in [0.2, 0.25) is 0 Å². The minimum Gasteiger partial charge on any atom is -0.479 e. The fraction of sp³-hybridized carbons (Fsp3) is 0.333. The SMILES string of the molecule is O=C(CCl)Cc1cc(CBr)ccc1C(O)C(=O)O. The molecule has 1 aromatic rings. The Bertz CT molecular complexity index is 461. The molecule has 2 N–H and O–H groups in total. The number of aliphatic carboxylic acids is 1. The van der Waals surface area contributed by atoms with Crippen LogP contribution in [0.25, 0.3) is 0 Å². The molecule has 0 radical (unpaired) electrons. The average Bonchev–Trinajstić information content (AvgIpc) is 2.37. The number of carbonyl (C=O) groups is 2. The second-order valence-electron chi connectivity index (χ2n) is 3.76. The topological polar surface area (TPSA) is 74.6 Å². The summed E-state index contributed by atoms with van der Waals surface area (Å²) in [6.45, 7) is 0.